The van der Waals surface area contributed by atoms with Crippen molar-refractivity contribution < 1.29 is 13.2 Å². The van der Waals surface area contributed by atoms with E-state index < -0.39 is 11.7 Å². The molecule has 0 bridgehead atoms. The smallest absolute Gasteiger partial charge is 0.398 e. The molecule has 0 spiro atoms. The third-order valence-electron chi connectivity index (χ3n) is 2.71. The van der Waals surface area contributed by atoms with Crippen LogP contribution >= 0.6 is 0 Å². The van der Waals surface area contributed by atoms with Crippen molar-refractivity contribution in [3.05, 3.63) is 53.6 Å². The number of rotatable bonds is 1. The Labute approximate surface area is 103 Å². The first-order valence-electron chi connectivity index (χ1n) is 5.42. The van der Waals surface area contributed by atoms with Gasteiger partial charge < -0.3 is 5.73 Å². The quantitative estimate of drug-likeness (QED) is 0.753. The first kappa shape index (κ1) is 12.5. The van der Waals surface area contributed by atoms with Crippen LogP contribution in [0.2, 0.25) is 0 Å². The SMILES string of the molecule is Cc1cccc(-c2ccc(C(F)(F)F)cc2N)c1. The molecule has 0 amide bonds. The van der Waals surface area contributed by atoms with Crippen LogP contribution in [0, 0.1) is 6.92 Å². The number of anilines is 1. The van der Waals surface area contributed by atoms with E-state index in [2.05, 4.69) is 0 Å². The molecule has 0 unspecified atom stereocenters. The van der Waals surface area contributed by atoms with Gasteiger partial charge in [0.1, 0.15) is 0 Å². The number of aryl methyl sites for hydroxylation is 1. The first-order chi connectivity index (χ1) is 8.38. The van der Waals surface area contributed by atoms with Crippen molar-refractivity contribution in [2.45, 2.75) is 13.1 Å². The van der Waals surface area contributed by atoms with Crippen LogP contribution < -0.4 is 5.73 Å². The average molecular weight is 251 g/mol. The summed E-state index contributed by atoms with van der Waals surface area (Å²) in [5, 5.41) is 0. The highest BCUT2D eigenvalue weighted by atomic mass is 19.4. The predicted octanol–water partition coefficient (Wildman–Crippen LogP) is 4.26. The molecule has 0 atom stereocenters. The number of alkyl halides is 3. The maximum atomic E-state index is 12.5. The van der Waals surface area contributed by atoms with Gasteiger partial charge in [-0.15, -0.1) is 0 Å². The molecule has 2 aromatic carbocycles. The number of benzene rings is 2. The molecule has 18 heavy (non-hydrogen) atoms. The molecular formula is C14H12F3N. The monoisotopic (exact) mass is 251 g/mol. The van der Waals surface area contributed by atoms with Crippen LogP contribution in [0.3, 0.4) is 0 Å². The highest BCUT2D eigenvalue weighted by Crippen LogP contribution is 2.34. The van der Waals surface area contributed by atoms with E-state index in [4.69, 9.17) is 5.73 Å². The van der Waals surface area contributed by atoms with Crippen LogP contribution in [0.25, 0.3) is 11.1 Å². The molecule has 2 aromatic rings. The van der Waals surface area contributed by atoms with Gasteiger partial charge in [-0.2, -0.15) is 13.2 Å². The molecule has 0 radical (unpaired) electrons. The van der Waals surface area contributed by atoms with E-state index in [1.54, 1.807) is 0 Å². The minimum Gasteiger partial charge on any atom is -0.398 e. The summed E-state index contributed by atoms with van der Waals surface area (Å²) in [6, 6.07) is 10.9. The Morgan fingerprint density at radius 3 is 2.28 bits per heavy atom. The second-order valence-electron chi connectivity index (χ2n) is 4.17. The molecule has 0 saturated carbocycles. The zero-order valence-electron chi connectivity index (χ0n) is 9.75. The lowest BCUT2D eigenvalue weighted by Gasteiger charge is -2.11. The summed E-state index contributed by atoms with van der Waals surface area (Å²) in [5.41, 5.74) is 7.58. The Bertz CT molecular complexity index is 573. The molecule has 0 heterocycles. The fraction of sp³-hybridized carbons (Fsp3) is 0.143. The fourth-order valence-corrected chi connectivity index (χ4v) is 1.81. The van der Waals surface area contributed by atoms with E-state index in [9.17, 15) is 13.2 Å². The third kappa shape index (κ3) is 2.47. The summed E-state index contributed by atoms with van der Waals surface area (Å²) in [6.45, 7) is 1.92. The molecule has 0 saturated heterocycles. The lowest BCUT2D eigenvalue weighted by molar-refractivity contribution is -0.137. The second-order valence-corrected chi connectivity index (χ2v) is 4.17. The van der Waals surface area contributed by atoms with Gasteiger partial charge in [0.15, 0.2) is 0 Å². The van der Waals surface area contributed by atoms with Gasteiger partial charge in [-0.25, -0.2) is 0 Å². The molecule has 0 aromatic heterocycles. The molecule has 2 rings (SSSR count). The summed E-state index contributed by atoms with van der Waals surface area (Å²) in [6.07, 6.45) is -4.36. The normalized spacial score (nSPS) is 11.6. The summed E-state index contributed by atoms with van der Waals surface area (Å²) in [5.74, 6) is 0. The van der Waals surface area contributed by atoms with E-state index in [0.717, 1.165) is 23.3 Å². The highest BCUT2D eigenvalue weighted by molar-refractivity contribution is 5.77. The minimum atomic E-state index is -4.36. The minimum absolute atomic E-state index is 0.135. The fourth-order valence-electron chi connectivity index (χ4n) is 1.81. The zero-order valence-corrected chi connectivity index (χ0v) is 9.75. The van der Waals surface area contributed by atoms with Crippen LogP contribution in [0.5, 0.6) is 0 Å². The maximum absolute atomic E-state index is 12.5. The molecule has 0 fully saturated rings. The van der Waals surface area contributed by atoms with Crippen LogP contribution in [0.4, 0.5) is 18.9 Å². The molecule has 94 valence electrons. The Kier molecular flexibility index (Phi) is 3.03. The molecule has 0 aliphatic carbocycles. The van der Waals surface area contributed by atoms with E-state index >= 15 is 0 Å². The van der Waals surface area contributed by atoms with Crippen molar-refractivity contribution in [3.8, 4) is 11.1 Å². The number of nitrogens with two attached hydrogens (primary N) is 1. The van der Waals surface area contributed by atoms with Crippen molar-refractivity contribution >= 4 is 5.69 Å². The van der Waals surface area contributed by atoms with Crippen molar-refractivity contribution in [2.24, 2.45) is 0 Å². The van der Waals surface area contributed by atoms with Crippen LogP contribution in [-0.4, -0.2) is 0 Å². The average Bonchev–Trinajstić information content (AvgIpc) is 2.27. The lowest BCUT2D eigenvalue weighted by atomic mass is 10.00. The predicted molar refractivity (Wildman–Crippen MR) is 66.0 cm³/mol. The molecule has 4 heteroatoms. The van der Waals surface area contributed by atoms with Crippen molar-refractivity contribution in [1.29, 1.82) is 0 Å². The summed E-state index contributed by atoms with van der Waals surface area (Å²) in [4.78, 5) is 0. The number of hydrogen-bond acceptors (Lipinski definition) is 1. The van der Waals surface area contributed by atoms with Crippen LogP contribution in [0.15, 0.2) is 42.5 Å². The first-order valence-corrected chi connectivity index (χ1v) is 5.42. The Morgan fingerprint density at radius 2 is 1.72 bits per heavy atom. The third-order valence-corrected chi connectivity index (χ3v) is 2.71. The summed E-state index contributed by atoms with van der Waals surface area (Å²) in [7, 11) is 0. The molecule has 2 N–H and O–H groups in total. The number of nitrogen functional groups attached to an aromatic ring is 1. The van der Waals surface area contributed by atoms with Gasteiger partial charge in [0.25, 0.3) is 0 Å². The second kappa shape index (κ2) is 4.37. The Balaban J connectivity index is 2.48. The van der Waals surface area contributed by atoms with Gasteiger partial charge in [-0.1, -0.05) is 35.9 Å². The van der Waals surface area contributed by atoms with E-state index in [1.165, 1.54) is 6.07 Å². The Morgan fingerprint density at radius 1 is 1.00 bits per heavy atom. The summed E-state index contributed by atoms with van der Waals surface area (Å²) >= 11 is 0. The standard InChI is InChI=1S/C14H12F3N/c1-9-3-2-4-10(7-9)12-6-5-11(8-13(12)18)14(15,16)17/h2-8H,18H2,1H3. The highest BCUT2D eigenvalue weighted by Gasteiger charge is 2.30. The van der Waals surface area contributed by atoms with Crippen molar-refractivity contribution in [2.75, 3.05) is 5.73 Å². The summed E-state index contributed by atoms with van der Waals surface area (Å²) < 4.78 is 37.5. The Hall–Kier alpha value is -1.97. The van der Waals surface area contributed by atoms with E-state index in [1.807, 2.05) is 31.2 Å². The number of halogens is 3. The van der Waals surface area contributed by atoms with Gasteiger partial charge in [0.2, 0.25) is 0 Å². The van der Waals surface area contributed by atoms with Gasteiger partial charge in [-0.3, -0.25) is 0 Å². The van der Waals surface area contributed by atoms with Crippen molar-refractivity contribution in [3.63, 3.8) is 0 Å². The molecule has 1 nitrogen and oxygen atoms in total. The van der Waals surface area contributed by atoms with Gasteiger partial charge in [0, 0.05) is 11.3 Å². The van der Waals surface area contributed by atoms with Crippen LogP contribution in [-0.2, 0) is 6.18 Å². The van der Waals surface area contributed by atoms with Gasteiger partial charge in [-0.05, 0) is 24.6 Å². The number of hydrogen-bond donors (Lipinski definition) is 1. The maximum Gasteiger partial charge on any atom is 0.416 e. The van der Waals surface area contributed by atoms with Gasteiger partial charge in [0.05, 0.1) is 5.56 Å². The van der Waals surface area contributed by atoms with Crippen molar-refractivity contribution in [1.82, 2.24) is 0 Å². The molecule has 0 aliphatic heterocycles. The zero-order chi connectivity index (χ0) is 13.3. The lowest BCUT2D eigenvalue weighted by Crippen LogP contribution is -2.05. The largest absolute Gasteiger partial charge is 0.416 e. The molecular weight excluding hydrogens is 239 g/mol. The van der Waals surface area contributed by atoms with E-state index in [0.29, 0.717) is 5.56 Å². The van der Waals surface area contributed by atoms with Crippen LogP contribution in [0.1, 0.15) is 11.1 Å². The van der Waals surface area contributed by atoms with E-state index in [-0.39, 0.29) is 5.69 Å². The molecule has 0 aliphatic rings. The topological polar surface area (TPSA) is 26.0 Å². The van der Waals surface area contributed by atoms with Gasteiger partial charge >= 0.3 is 6.18 Å².